The van der Waals surface area contributed by atoms with Gasteiger partial charge in [0.1, 0.15) is 0 Å². The van der Waals surface area contributed by atoms with Crippen molar-refractivity contribution in [1.29, 1.82) is 0 Å². The number of halogens is 2. The second kappa shape index (κ2) is 11.7. The third kappa shape index (κ3) is 6.23. The van der Waals surface area contributed by atoms with Crippen molar-refractivity contribution >= 4 is 39.8 Å². The Balaban J connectivity index is 1.94. The molecule has 0 heterocycles. The van der Waals surface area contributed by atoms with Gasteiger partial charge >= 0.3 is 297 Å². The normalized spacial score (nSPS) is 18.9. The minimum atomic E-state index is -5.09. The van der Waals surface area contributed by atoms with Crippen LogP contribution in [0.25, 0.3) is 12.2 Å². The molecule has 0 radical (unpaired) electrons. The molecule has 0 N–H and O–H groups in total. The van der Waals surface area contributed by atoms with Crippen LogP contribution in [0.15, 0.2) is 65.7 Å². The SMILES string of the molecule is CC1=Cc2cc(C(C)(C)C)c(C(C)(C)C)cc2[CH]1[Zr]([Cl])([Cl])([CH]1C(C)=Cc2cc(C(C)(C)C)c(C(C)(C)C)cc21)=[Si](C)c1ccccc1. The van der Waals surface area contributed by atoms with E-state index < -0.39 is 20.4 Å². The quantitative estimate of drug-likeness (QED) is 0.233. The Bertz CT molecular complexity index is 1780. The number of fused-ring (bicyclic) bond motifs is 2. The molecule has 2 aliphatic rings. The summed E-state index contributed by atoms with van der Waals surface area (Å²) in [6, 6.07) is 21.1. The maximum absolute atomic E-state index is 8.87. The van der Waals surface area contributed by atoms with E-state index in [2.05, 4.69) is 170 Å². The summed E-state index contributed by atoms with van der Waals surface area (Å²) in [5.74, 6) is 0. The molecule has 3 aromatic rings. The molecular formula is C43H58Cl2SiZr. The van der Waals surface area contributed by atoms with Crippen molar-refractivity contribution in [3.63, 3.8) is 0 Å². The topological polar surface area (TPSA) is 0 Å². The third-order valence-corrected chi connectivity index (χ3v) is 53.9. The summed E-state index contributed by atoms with van der Waals surface area (Å²) >= 11 is -5.09. The Morgan fingerprint density at radius 2 is 0.851 bits per heavy atom. The van der Waals surface area contributed by atoms with E-state index in [1.54, 1.807) is 0 Å². The zero-order chi connectivity index (χ0) is 35.3. The van der Waals surface area contributed by atoms with Gasteiger partial charge in [0.15, 0.2) is 0 Å². The van der Waals surface area contributed by atoms with Crippen LogP contribution in [0.5, 0.6) is 0 Å². The van der Waals surface area contributed by atoms with Crippen molar-refractivity contribution in [3.8, 4) is 0 Å². The van der Waals surface area contributed by atoms with Crippen LogP contribution < -0.4 is 5.19 Å². The second-order valence-corrected chi connectivity index (χ2v) is 55.6. The fourth-order valence-corrected chi connectivity index (χ4v) is 47.0. The summed E-state index contributed by atoms with van der Waals surface area (Å²) in [5.41, 5.74) is 12.3. The summed E-state index contributed by atoms with van der Waals surface area (Å²) in [6.07, 6.45) is 4.86. The molecule has 2 unspecified atom stereocenters. The molecule has 0 fully saturated rings. The molecule has 252 valence electrons. The van der Waals surface area contributed by atoms with Crippen LogP contribution >= 0.6 is 17.0 Å². The molecule has 0 aromatic heterocycles. The van der Waals surface area contributed by atoms with Crippen molar-refractivity contribution < 1.29 is 15.0 Å². The van der Waals surface area contributed by atoms with Crippen molar-refractivity contribution in [2.75, 3.05) is 0 Å². The van der Waals surface area contributed by atoms with Gasteiger partial charge < -0.3 is 0 Å². The van der Waals surface area contributed by atoms with Gasteiger partial charge in [-0.05, 0) is 0 Å². The van der Waals surface area contributed by atoms with Gasteiger partial charge in [-0.1, -0.05) is 0 Å². The van der Waals surface area contributed by atoms with E-state index in [-0.39, 0.29) is 28.9 Å². The van der Waals surface area contributed by atoms with Crippen molar-refractivity contribution in [2.24, 2.45) is 0 Å². The predicted molar refractivity (Wildman–Crippen MR) is 210 cm³/mol. The number of benzene rings is 3. The van der Waals surface area contributed by atoms with Gasteiger partial charge in [-0.2, -0.15) is 0 Å². The van der Waals surface area contributed by atoms with Crippen molar-refractivity contribution in [1.82, 2.24) is 0 Å². The maximum atomic E-state index is 8.87. The molecule has 0 saturated carbocycles. The molecule has 2 atom stereocenters. The first kappa shape index (κ1) is 37.1. The van der Waals surface area contributed by atoms with Gasteiger partial charge in [0, 0.05) is 0 Å². The first-order valence-electron chi connectivity index (χ1n) is 17.5. The Hall–Kier alpha value is -1.18. The molecule has 0 bridgehead atoms. The summed E-state index contributed by atoms with van der Waals surface area (Å²) in [7, 11) is 17.7. The molecule has 0 spiro atoms. The van der Waals surface area contributed by atoms with E-state index in [0.717, 1.165) is 0 Å². The van der Waals surface area contributed by atoms with Gasteiger partial charge in [-0.15, -0.1) is 0 Å². The third-order valence-electron chi connectivity index (χ3n) is 11.0. The minimum absolute atomic E-state index is 0.0111. The average Bonchev–Trinajstić information content (AvgIpc) is 3.45. The molecule has 2 aliphatic carbocycles. The van der Waals surface area contributed by atoms with E-state index in [0.29, 0.717) is 0 Å². The number of hydrogen-bond donors (Lipinski definition) is 0. The van der Waals surface area contributed by atoms with Crippen LogP contribution in [0.3, 0.4) is 0 Å². The van der Waals surface area contributed by atoms with Gasteiger partial charge in [-0.25, -0.2) is 0 Å². The van der Waals surface area contributed by atoms with E-state index in [1.165, 1.54) is 60.8 Å². The first-order valence-corrected chi connectivity index (χ1v) is 32.3. The Labute approximate surface area is 295 Å². The molecule has 5 rings (SSSR count). The van der Waals surface area contributed by atoms with E-state index in [9.17, 15) is 0 Å². The molecule has 0 saturated heterocycles. The molecule has 0 aliphatic heterocycles. The Morgan fingerprint density at radius 3 is 1.17 bits per heavy atom. The molecule has 4 heteroatoms. The van der Waals surface area contributed by atoms with Crippen LogP contribution in [0.1, 0.15) is 149 Å². The summed E-state index contributed by atoms with van der Waals surface area (Å²) < 4.78 is 0.0623. The van der Waals surface area contributed by atoms with Crippen LogP contribution in [0.4, 0.5) is 0 Å². The first-order chi connectivity index (χ1) is 21.3. The standard InChI is InChI=1S/2C18H25.C7H8Si.2ClH.Zr/c2*1-12-8-13-10-15(17(2,3)4)16(18(5,6)7)11-14(13)9-12;1-8-7-5-3-2-4-6-7;;;/h2*8-11H,1-7H3;2-6H,1H3;2*1H;/q;;;;;+2/p-2. The molecule has 47 heavy (non-hydrogen) atoms. The number of hydrogen-bond acceptors (Lipinski definition) is 0. The molecule has 3 aromatic carbocycles. The molecule has 0 amide bonds. The monoisotopic (exact) mass is 762 g/mol. The summed E-state index contributed by atoms with van der Waals surface area (Å²) in [6.45, 7) is 35.2. The molecule has 0 nitrogen and oxygen atoms in total. The summed E-state index contributed by atoms with van der Waals surface area (Å²) in [4.78, 5) is 0. The van der Waals surface area contributed by atoms with Crippen LogP contribution in [-0.2, 0) is 36.7 Å². The predicted octanol–water partition coefficient (Wildman–Crippen LogP) is 13.0. The zero-order valence-corrected chi connectivity index (χ0v) is 36.7. The number of rotatable bonds is 3. The van der Waals surface area contributed by atoms with Crippen LogP contribution in [-0.4, -0.2) is 5.43 Å². The Morgan fingerprint density at radius 1 is 0.532 bits per heavy atom. The number of allylic oxidation sites excluding steroid dienone is 2. The van der Waals surface area contributed by atoms with Crippen LogP contribution in [0.2, 0.25) is 6.55 Å². The van der Waals surface area contributed by atoms with Gasteiger partial charge in [0.2, 0.25) is 0 Å². The van der Waals surface area contributed by atoms with Crippen LogP contribution in [0, 0.1) is 0 Å². The van der Waals surface area contributed by atoms with E-state index in [1.807, 2.05) is 0 Å². The van der Waals surface area contributed by atoms with E-state index >= 15 is 0 Å². The second-order valence-electron chi connectivity index (χ2n) is 18.8. The molecular weight excluding hydrogens is 707 g/mol. The van der Waals surface area contributed by atoms with Gasteiger partial charge in [0.05, 0.1) is 0 Å². The van der Waals surface area contributed by atoms with Gasteiger partial charge in [-0.3, -0.25) is 0 Å². The fourth-order valence-electron chi connectivity index (χ4n) is 8.61. The average molecular weight is 765 g/mol. The zero-order valence-electron chi connectivity index (χ0n) is 31.8. The summed E-state index contributed by atoms with van der Waals surface area (Å²) in [5, 5.41) is 1.35. The Kier molecular flexibility index (Phi) is 9.22. The van der Waals surface area contributed by atoms with Crippen molar-refractivity contribution in [2.45, 2.75) is 132 Å². The van der Waals surface area contributed by atoms with Gasteiger partial charge in [0.25, 0.3) is 0 Å². The van der Waals surface area contributed by atoms with E-state index in [4.69, 9.17) is 17.0 Å². The van der Waals surface area contributed by atoms with Crippen molar-refractivity contribution in [3.05, 3.63) is 110 Å². The fraction of sp³-hybridized carbons (Fsp3) is 0.488.